The molecule has 2 unspecified atom stereocenters. The van der Waals surface area contributed by atoms with E-state index in [4.69, 9.17) is 4.74 Å². The molecule has 214 valence electrons. The first-order valence-electron chi connectivity index (χ1n) is 16.2. The first kappa shape index (κ1) is 31.0. The van der Waals surface area contributed by atoms with E-state index < -0.39 is 0 Å². The summed E-state index contributed by atoms with van der Waals surface area (Å²) in [4.78, 5) is 12.4. The van der Waals surface area contributed by atoms with Crippen molar-refractivity contribution in [3.05, 3.63) is 47.6 Å². The maximum atomic E-state index is 12.4. The smallest absolute Gasteiger partial charge is 0.330 e. The van der Waals surface area contributed by atoms with E-state index in [1.54, 1.807) is 11.6 Å². The fourth-order valence-corrected chi connectivity index (χ4v) is 8.00. The molecule has 38 heavy (non-hydrogen) atoms. The van der Waals surface area contributed by atoms with Gasteiger partial charge in [-0.2, -0.15) is 0 Å². The number of carbonyl (C=O) groups is 1. The summed E-state index contributed by atoms with van der Waals surface area (Å²) < 4.78 is 5.51. The standard InChI is InChI=1S/C36H58O2/c1-7-8-9-10-11-12-13-14-24-38-35(37)22-17-28(3)33-20-21-34-31(16-15-23-36(33,34)6)18-19-32-26-27(2)25-29(4)30(32)5/h17-19,22,27-29,33-34H,5,7-16,20-21,23-26H2,1-4,6H3/b22-17+,31-18+,32-19-/t27?,28-,29+,33?,34+,36-/m1/s1. The number of ether oxygens (including phenoxy) is 1. The summed E-state index contributed by atoms with van der Waals surface area (Å²) in [5, 5.41) is 0. The summed E-state index contributed by atoms with van der Waals surface area (Å²) >= 11 is 0. The molecule has 2 nitrogen and oxygen atoms in total. The Balaban J connectivity index is 1.48. The van der Waals surface area contributed by atoms with Gasteiger partial charge in [0.15, 0.2) is 0 Å². The van der Waals surface area contributed by atoms with Crippen molar-refractivity contribution in [1.82, 2.24) is 0 Å². The topological polar surface area (TPSA) is 26.3 Å². The summed E-state index contributed by atoms with van der Waals surface area (Å²) in [5.41, 5.74) is 4.83. The second kappa shape index (κ2) is 15.3. The number of allylic oxidation sites excluding steroid dienone is 6. The lowest BCUT2D eigenvalue weighted by molar-refractivity contribution is -0.137. The number of hydrogen-bond acceptors (Lipinski definition) is 2. The molecule has 6 atom stereocenters. The van der Waals surface area contributed by atoms with Gasteiger partial charge in [0.05, 0.1) is 6.61 Å². The molecule has 0 N–H and O–H groups in total. The van der Waals surface area contributed by atoms with Crippen LogP contribution in [0.25, 0.3) is 0 Å². The predicted octanol–water partition coefficient (Wildman–Crippen LogP) is 10.6. The van der Waals surface area contributed by atoms with Crippen LogP contribution in [-0.4, -0.2) is 12.6 Å². The van der Waals surface area contributed by atoms with Gasteiger partial charge in [-0.15, -0.1) is 0 Å². The molecule has 3 aliphatic rings. The van der Waals surface area contributed by atoms with Crippen LogP contribution in [0.15, 0.2) is 47.6 Å². The Bertz CT molecular complexity index is 861. The quantitative estimate of drug-likeness (QED) is 0.137. The van der Waals surface area contributed by atoms with Gasteiger partial charge in [-0.1, -0.05) is 110 Å². The predicted molar refractivity (Wildman–Crippen MR) is 163 cm³/mol. The molecule has 0 aromatic heterocycles. The number of hydrogen-bond donors (Lipinski definition) is 0. The van der Waals surface area contributed by atoms with Crippen LogP contribution in [0.3, 0.4) is 0 Å². The Hall–Kier alpha value is -1.57. The summed E-state index contributed by atoms with van der Waals surface area (Å²) in [5.74, 6) is 2.91. The summed E-state index contributed by atoms with van der Waals surface area (Å²) in [6.07, 6.45) is 27.7. The Morgan fingerprint density at radius 1 is 1.08 bits per heavy atom. The zero-order valence-electron chi connectivity index (χ0n) is 25.5. The average molecular weight is 523 g/mol. The lowest BCUT2D eigenvalue weighted by atomic mass is 9.61. The molecule has 0 aliphatic heterocycles. The van der Waals surface area contributed by atoms with Gasteiger partial charge in [0, 0.05) is 6.08 Å². The molecule has 0 bridgehead atoms. The van der Waals surface area contributed by atoms with Crippen LogP contribution in [-0.2, 0) is 9.53 Å². The SMILES string of the molecule is C=C1/C(=C\C=C2/CCC[C@]3(C)C([C@H](C)/C=C/C(=O)OCCCCCCCCCC)CC[C@@H]23)CC(C)C[C@@H]1C. The Labute approximate surface area is 235 Å². The second-order valence-electron chi connectivity index (χ2n) is 13.4. The van der Waals surface area contributed by atoms with Crippen LogP contribution in [0.4, 0.5) is 0 Å². The fourth-order valence-electron chi connectivity index (χ4n) is 8.00. The van der Waals surface area contributed by atoms with Crippen LogP contribution in [0.2, 0.25) is 0 Å². The van der Waals surface area contributed by atoms with Gasteiger partial charge in [-0.05, 0) is 97.5 Å². The second-order valence-corrected chi connectivity index (χ2v) is 13.4. The highest BCUT2D eigenvalue weighted by molar-refractivity contribution is 5.81. The molecule has 3 fully saturated rings. The lowest BCUT2D eigenvalue weighted by Crippen LogP contribution is -2.35. The van der Waals surface area contributed by atoms with E-state index in [2.05, 4.69) is 59.4 Å². The van der Waals surface area contributed by atoms with Crippen molar-refractivity contribution in [3.63, 3.8) is 0 Å². The van der Waals surface area contributed by atoms with Crippen LogP contribution in [0, 0.1) is 35.0 Å². The van der Waals surface area contributed by atoms with E-state index in [1.165, 1.54) is 101 Å². The molecule has 0 saturated heterocycles. The monoisotopic (exact) mass is 522 g/mol. The van der Waals surface area contributed by atoms with E-state index in [1.807, 2.05) is 0 Å². The first-order valence-corrected chi connectivity index (χ1v) is 16.2. The number of unbranched alkanes of at least 4 members (excludes halogenated alkanes) is 7. The highest BCUT2D eigenvalue weighted by Gasteiger charge is 2.50. The minimum absolute atomic E-state index is 0.161. The molecule has 0 spiro atoms. The van der Waals surface area contributed by atoms with E-state index in [-0.39, 0.29) is 5.97 Å². The van der Waals surface area contributed by atoms with Gasteiger partial charge in [-0.25, -0.2) is 4.79 Å². The third-order valence-corrected chi connectivity index (χ3v) is 10.3. The van der Waals surface area contributed by atoms with Gasteiger partial charge in [0.2, 0.25) is 0 Å². The molecule has 2 heteroatoms. The minimum atomic E-state index is -0.161. The van der Waals surface area contributed by atoms with Crippen molar-refractivity contribution < 1.29 is 9.53 Å². The lowest BCUT2D eigenvalue weighted by Gasteiger charge is -2.44. The van der Waals surface area contributed by atoms with E-state index in [9.17, 15) is 4.79 Å². The molecular formula is C36H58O2. The molecule has 0 aromatic carbocycles. The molecule has 3 saturated carbocycles. The Kier molecular flexibility index (Phi) is 12.4. The van der Waals surface area contributed by atoms with Crippen LogP contribution in [0.5, 0.6) is 0 Å². The minimum Gasteiger partial charge on any atom is -0.463 e. The molecular weight excluding hydrogens is 464 g/mol. The highest BCUT2D eigenvalue weighted by atomic mass is 16.5. The maximum absolute atomic E-state index is 12.4. The largest absolute Gasteiger partial charge is 0.463 e. The van der Waals surface area contributed by atoms with Crippen molar-refractivity contribution >= 4 is 5.97 Å². The normalized spacial score (nSPS) is 32.7. The fraction of sp³-hybridized carbons (Fsp3) is 0.750. The van der Waals surface area contributed by atoms with Crippen molar-refractivity contribution in [3.8, 4) is 0 Å². The highest BCUT2D eigenvalue weighted by Crippen LogP contribution is 2.59. The molecule has 0 heterocycles. The van der Waals surface area contributed by atoms with Crippen molar-refractivity contribution in [2.24, 2.45) is 35.0 Å². The van der Waals surface area contributed by atoms with E-state index in [0.29, 0.717) is 35.7 Å². The van der Waals surface area contributed by atoms with Gasteiger partial charge in [0.1, 0.15) is 0 Å². The Morgan fingerprint density at radius 2 is 1.79 bits per heavy atom. The van der Waals surface area contributed by atoms with Gasteiger partial charge < -0.3 is 4.74 Å². The van der Waals surface area contributed by atoms with Gasteiger partial charge in [0.25, 0.3) is 0 Å². The molecule has 0 amide bonds. The number of rotatable bonds is 13. The zero-order chi connectivity index (χ0) is 27.5. The maximum Gasteiger partial charge on any atom is 0.330 e. The molecule has 0 aromatic rings. The first-order chi connectivity index (χ1) is 18.3. The van der Waals surface area contributed by atoms with Gasteiger partial charge >= 0.3 is 5.97 Å². The summed E-state index contributed by atoms with van der Waals surface area (Å²) in [6, 6.07) is 0. The van der Waals surface area contributed by atoms with Crippen molar-refractivity contribution in [2.75, 3.05) is 6.61 Å². The number of carbonyl (C=O) groups excluding carboxylic acids is 1. The van der Waals surface area contributed by atoms with Crippen molar-refractivity contribution in [2.45, 2.75) is 131 Å². The van der Waals surface area contributed by atoms with Crippen molar-refractivity contribution in [1.29, 1.82) is 0 Å². The Morgan fingerprint density at radius 3 is 2.53 bits per heavy atom. The van der Waals surface area contributed by atoms with Gasteiger partial charge in [-0.3, -0.25) is 0 Å². The average Bonchev–Trinajstić information content (AvgIpc) is 3.25. The molecule has 3 aliphatic carbocycles. The summed E-state index contributed by atoms with van der Waals surface area (Å²) in [7, 11) is 0. The van der Waals surface area contributed by atoms with Crippen LogP contribution >= 0.6 is 0 Å². The van der Waals surface area contributed by atoms with E-state index in [0.717, 1.165) is 12.3 Å². The number of fused-ring (bicyclic) bond motifs is 1. The summed E-state index contributed by atoms with van der Waals surface area (Å²) in [6.45, 7) is 16.8. The van der Waals surface area contributed by atoms with Crippen LogP contribution in [0.1, 0.15) is 131 Å². The molecule has 3 rings (SSSR count). The van der Waals surface area contributed by atoms with Crippen LogP contribution < -0.4 is 0 Å². The number of esters is 1. The third-order valence-electron chi connectivity index (χ3n) is 10.3. The zero-order valence-corrected chi connectivity index (χ0v) is 25.5. The molecule has 0 radical (unpaired) electrons. The third kappa shape index (κ3) is 8.46. The van der Waals surface area contributed by atoms with E-state index >= 15 is 0 Å².